The molecule has 2 rings (SSSR count). The maximum absolute atomic E-state index is 11.9. The van der Waals surface area contributed by atoms with Gasteiger partial charge in [0.05, 0.1) is 17.5 Å². The Morgan fingerprint density at radius 1 is 1.20 bits per heavy atom. The van der Waals surface area contributed by atoms with Gasteiger partial charge in [0, 0.05) is 19.2 Å². The smallest absolute Gasteiger partial charge is 0.261 e. The summed E-state index contributed by atoms with van der Waals surface area (Å²) >= 11 is 0. The number of ether oxygens (including phenoxy) is 1. The molecule has 0 saturated carbocycles. The normalized spacial score (nSPS) is 12.8. The minimum absolute atomic E-state index is 0.0749. The van der Waals surface area contributed by atoms with Crippen LogP contribution in [-0.4, -0.2) is 34.5 Å². The van der Waals surface area contributed by atoms with Crippen molar-refractivity contribution < 1.29 is 18.6 Å². The van der Waals surface area contributed by atoms with Crippen LogP contribution in [0.25, 0.3) is 5.69 Å². The molecule has 1 unspecified atom stereocenters. The molecule has 0 fully saturated rings. The first kappa shape index (κ1) is 14.6. The number of para-hydroxylation sites is 1. The molecule has 0 saturated heterocycles. The van der Waals surface area contributed by atoms with Gasteiger partial charge in [0.2, 0.25) is 0 Å². The van der Waals surface area contributed by atoms with Gasteiger partial charge in [-0.2, -0.15) is 5.10 Å². The summed E-state index contributed by atoms with van der Waals surface area (Å²) in [5.41, 5.74) is 1.44. The molecule has 0 amide bonds. The average molecular weight is 282 g/mol. The highest BCUT2D eigenvalue weighted by Crippen LogP contribution is 2.19. The van der Waals surface area contributed by atoms with Crippen LogP contribution in [0.3, 0.4) is 0 Å². The molecule has 4 nitrogen and oxygen atoms in total. The lowest BCUT2D eigenvalue weighted by molar-refractivity contribution is 0.00417. The molecule has 1 atom stereocenters. The molecule has 0 aliphatic rings. The van der Waals surface area contributed by atoms with E-state index in [2.05, 4.69) is 5.10 Å². The highest BCUT2D eigenvalue weighted by molar-refractivity contribution is 5.32. The summed E-state index contributed by atoms with van der Waals surface area (Å²) in [7, 11) is 0. The van der Waals surface area contributed by atoms with E-state index < -0.39 is 19.1 Å². The van der Waals surface area contributed by atoms with Gasteiger partial charge in [-0.25, -0.2) is 13.5 Å². The topological polar surface area (TPSA) is 47.3 Å². The van der Waals surface area contributed by atoms with Crippen molar-refractivity contribution in [3.8, 4) is 5.69 Å². The average Bonchev–Trinajstić information content (AvgIpc) is 2.93. The second-order valence-corrected chi connectivity index (χ2v) is 4.27. The standard InChI is InChI=1S/C14H16F2N2O2/c15-14(16)10-20-9-7-13(19)12-6-8-17-18(12)11-4-2-1-3-5-11/h1-6,8,13-14,19H,7,9-10H2. The summed E-state index contributed by atoms with van der Waals surface area (Å²) < 4.78 is 30.2. The maximum Gasteiger partial charge on any atom is 0.261 e. The molecule has 2 aromatic rings. The Balaban J connectivity index is 1.97. The van der Waals surface area contributed by atoms with Crippen LogP contribution in [0, 0.1) is 0 Å². The zero-order chi connectivity index (χ0) is 14.4. The molecule has 108 valence electrons. The zero-order valence-electron chi connectivity index (χ0n) is 10.8. The Morgan fingerprint density at radius 3 is 2.65 bits per heavy atom. The lowest BCUT2D eigenvalue weighted by Crippen LogP contribution is -2.11. The van der Waals surface area contributed by atoms with Crippen LogP contribution in [0.15, 0.2) is 42.6 Å². The number of benzene rings is 1. The predicted octanol–water partition coefficient (Wildman–Crippen LogP) is 2.58. The molecule has 0 bridgehead atoms. The van der Waals surface area contributed by atoms with Gasteiger partial charge in [-0.3, -0.25) is 0 Å². The van der Waals surface area contributed by atoms with Crippen molar-refractivity contribution in [1.82, 2.24) is 9.78 Å². The van der Waals surface area contributed by atoms with Gasteiger partial charge < -0.3 is 9.84 Å². The summed E-state index contributed by atoms with van der Waals surface area (Å²) in [5, 5.41) is 14.2. The van der Waals surface area contributed by atoms with Crippen LogP contribution in [0.4, 0.5) is 8.78 Å². The largest absolute Gasteiger partial charge is 0.387 e. The second-order valence-electron chi connectivity index (χ2n) is 4.27. The van der Waals surface area contributed by atoms with Crippen LogP contribution in [0.2, 0.25) is 0 Å². The fraction of sp³-hybridized carbons (Fsp3) is 0.357. The zero-order valence-corrected chi connectivity index (χ0v) is 10.8. The first-order valence-corrected chi connectivity index (χ1v) is 6.32. The second kappa shape index (κ2) is 7.12. The summed E-state index contributed by atoms with van der Waals surface area (Å²) in [4.78, 5) is 0. The molecule has 20 heavy (non-hydrogen) atoms. The SMILES string of the molecule is OC(CCOCC(F)F)c1ccnn1-c1ccccc1. The summed E-state index contributed by atoms with van der Waals surface area (Å²) in [6, 6.07) is 11.1. The number of halogens is 2. The third kappa shape index (κ3) is 3.85. The van der Waals surface area contributed by atoms with E-state index in [1.165, 1.54) is 0 Å². The summed E-state index contributed by atoms with van der Waals surface area (Å²) in [6.45, 7) is -0.532. The molecule has 0 spiro atoms. The van der Waals surface area contributed by atoms with E-state index in [0.29, 0.717) is 5.69 Å². The van der Waals surface area contributed by atoms with Crippen LogP contribution < -0.4 is 0 Å². The number of hydrogen-bond donors (Lipinski definition) is 1. The van der Waals surface area contributed by atoms with Crippen molar-refractivity contribution in [3.05, 3.63) is 48.3 Å². The lowest BCUT2D eigenvalue weighted by Gasteiger charge is -2.13. The van der Waals surface area contributed by atoms with Crippen molar-refractivity contribution in [1.29, 1.82) is 0 Å². The van der Waals surface area contributed by atoms with Gasteiger partial charge >= 0.3 is 0 Å². The molecule has 1 aromatic heterocycles. The van der Waals surface area contributed by atoms with Crippen molar-refractivity contribution in [3.63, 3.8) is 0 Å². The quantitative estimate of drug-likeness (QED) is 0.794. The molecule has 1 aromatic carbocycles. The molecule has 0 radical (unpaired) electrons. The third-order valence-electron chi connectivity index (χ3n) is 2.79. The Hall–Kier alpha value is -1.79. The number of aromatic nitrogens is 2. The highest BCUT2D eigenvalue weighted by Gasteiger charge is 2.14. The molecule has 1 N–H and O–H groups in total. The van der Waals surface area contributed by atoms with Crippen molar-refractivity contribution in [2.75, 3.05) is 13.2 Å². The number of hydrogen-bond acceptors (Lipinski definition) is 3. The minimum Gasteiger partial charge on any atom is -0.387 e. The number of aliphatic hydroxyl groups is 1. The first-order valence-electron chi connectivity index (χ1n) is 6.32. The van der Waals surface area contributed by atoms with Gasteiger partial charge in [-0.1, -0.05) is 18.2 Å². The summed E-state index contributed by atoms with van der Waals surface area (Å²) in [5.74, 6) is 0. The third-order valence-corrected chi connectivity index (χ3v) is 2.79. The minimum atomic E-state index is -2.48. The van der Waals surface area contributed by atoms with E-state index in [9.17, 15) is 13.9 Å². The van der Waals surface area contributed by atoms with Crippen LogP contribution in [-0.2, 0) is 4.74 Å². The van der Waals surface area contributed by atoms with Gasteiger partial charge in [-0.15, -0.1) is 0 Å². The molecule has 1 heterocycles. The number of nitrogens with zero attached hydrogens (tertiary/aromatic N) is 2. The molecule has 0 aliphatic carbocycles. The van der Waals surface area contributed by atoms with E-state index >= 15 is 0 Å². The van der Waals surface area contributed by atoms with E-state index in [1.54, 1.807) is 16.9 Å². The van der Waals surface area contributed by atoms with Crippen LogP contribution >= 0.6 is 0 Å². The van der Waals surface area contributed by atoms with E-state index in [0.717, 1.165) is 5.69 Å². The Morgan fingerprint density at radius 2 is 1.95 bits per heavy atom. The van der Waals surface area contributed by atoms with E-state index in [4.69, 9.17) is 4.74 Å². The molecular formula is C14H16F2N2O2. The van der Waals surface area contributed by atoms with E-state index in [-0.39, 0.29) is 13.0 Å². The van der Waals surface area contributed by atoms with Crippen molar-refractivity contribution in [2.45, 2.75) is 19.0 Å². The number of aliphatic hydroxyl groups excluding tert-OH is 1. The Bertz CT molecular complexity index is 517. The maximum atomic E-state index is 11.9. The van der Waals surface area contributed by atoms with Crippen molar-refractivity contribution >= 4 is 0 Å². The summed E-state index contributed by atoms with van der Waals surface area (Å²) in [6.07, 6.45) is -1.46. The Kier molecular flexibility index (Phi) is 5.20. The lowest BCUT2D eigenvalue weighted by atomic mass is 10.2. The monoisotopic (exact) mass is 282 g/mol. The predicted molar refractivity (Wildman–Crippen MR) is 70.0 cm³/mol. The fourth-order valence-electron chi connectivity index (χ4n) is 1.87. The van der Waals surface area contributed by atoms with Gasteiger partial charge in [-0.05, 0) is 18.2 Å². The van der Waals surface area contributed by atoms with Gasteiger partial charge in [0.15, 0.2) is 0 Å². The van der Waals surface area contributed by atoms with E-state index in [1.807, 2.05) is 30.3 Å². The Labute approximate surface area is 115 Å². The van der Waals surface area contributed by atoms with Gasteiger partial charge in [0.1, 0.15) is 6.61 Å². The molecule has 0 aliphatic heterocycles. The fourth-order valence-corrected chi connectivity index (χ4v) is 1.87. The first-order chi connectivity index (χ1) is 9.68. The molecule has 6 heteroatoms. The van der Waals surface area contributed by atoms with Crippen LogP contribution in [0.5, 0.6) is 0 Å². The van der Waals surface area contributed by atoms with Gasteiger partial charge in [0.25, 0.3) is 6.43 Å². The van der Waals surface area contributed by atoms with Crippen LogP contribution in [0.1, 0.15) is 18.2 Å². The highest BCUT2D eigenvalue weighted by atomic mass is 19.3. The number of rotatable bonds is 7. The number of alkyl halides is 2. The molecular weight excluding hydrogens is 266 g/mol. The van der Waals surface area contributed by atoms with Crippen molar-refractivity contribution in [2.24, 2.45) is 0 Å².